The summed E-state index contributed by atoms with van der Waals surface area (Å²) in [5, 5.41) is 9.57. The van der Waals surface area contributed by atoms with Gasteiger partial charge in [-0.05, 0) is 18.2 Å². The molecule has 0 radical (unpaired) electrons. The molecule has 196 valence electrons. The van der Waals surface area contributed by atoms with Gasteiger partial charge in [-0.3, -0.25) is 9.48 Å². The number of amides is 3. The van der Waals surface area contributed by atoms with Crippen LogP contribution in [0.5, 0.6) is 0 Å². The number of nitrogens with zero attached hydrogens (tertiary/aromatic N) is 4. The molecule has 8 nitrogen and oxygen atoms in total. The number of anilines is 1. The van der Waals surface area contributed by atoms with E-state index >= 15 is 0 Å². The van der Waals surface area contributed by atoms with Crippen LogP contribution in [-0.2, 0) is 25.7 Å². The number of carbonyl (C=O) groups excluding carboxylic acids is 2. The first-order valence-corrected chi connectivity index (χ1v) is 11.2. The molecule has 0 fully saturated rings. The molecule has 0 saturated heterocycles. The number of fused-ring (bicyclic) bond motifs is 3. The molecule has 3 heterocycles. The quantitative estimate of drug-likeness (QED) is 0.596. The predicted octanol–water partition coefficient (Wildman–Crippen LogP) is 3.19. The zero-order valence-corrected chi connectivity index (χ0v) is 19.2. The number of halogens is 6. The van der Waals surface area contributed by atoms with Gasteiger partial charge in [-0.15, -0.1) is 0 Å². The fourth-order valence-corrected chi connectivity index (χ4v) is 4.47. The third-order valence-electron chi connectivity index (χ3n) is 6.16. The molecule has 14 heteroatoms. The predicted molar refractivity (Wildman–Crippen MR) is 116 cm³/mol. The molecule has 2 N–H and O–H groups in total. The molecule has 2 aliphatic rings. The number of alkyl halides is 5. The van der Waals surface area contributed by atoms with Crippen LogP contribution in [0.4, 0.5) is 36.8 Å². The van der Waals surface area contributed by atoms with E-state index in [4.69, 9.17) is 0 Å². The maximum absolute atomic E-state index is 13.6. The smallest absolute Gasteiger partial charge is 0.340 e. The lowest BCUT2D eigenvalue weighted by Gasteiger charge is -2.27. The summed E-state index contributed by atoms with van der Waals surface area (Å²) in [6.07, 6.45) is -7.10. The average Bonchev–Trinajstić information content (AvgIpc) is 3.10. The van der Waals surface area contributed by atoms with Crippen LogP contribution in [0.1, 0.15) is 27.3 Å². The van der Waals surface area contributed by atoms with Crippen molar-refractivity contribution in [2.75, 3.05) is 38.5 Å². The number of aromatic nitrogens is 2. The molecule has 2 aromatic rings. The van der Waals surface area contributed by atoms with E-state index in [1.165, 1.54) is 9.80 Å². The summed E-state index contributed by atoms with van der Waals surface area (Å²) in [5.74, 6) is -1.94. The first-order chi connectivity index (χ1) is 16.9. The Bertz CT molecular complexity index is 1150. The SMILES string of the molecule is CN1C[C@H](CNCC(F)F)Cn2nc3c(c2C1=O)CN(C(=O)Nc1ccc(F)c(C(F)(F)F)c1)CC3. The Labute approximate surface area is 202 Å². The maximum Gasteiger partial charge on any atom is 0.419 e. The third kappa shape index (κ3) is 5.42. The zero-order chi connectivity index (χ0) is 26.2. The second-order valence-corrected chi connectivity index (χ2v) is 8.85. The Morgan fingerprint density at radius 3 is 2.69 bits per heavy atom. The van der Waals surface area contributed by atoms with Crippen molar-refractivity contribution >= 4 is 17.6 Å². The Kier molecular flexibility index (Phi) is 7.16. The molecule has 0 aliphatic carbocycles. The van der Waals surface area contributed by atoms with E-state index in [1.807, 2.05) is 0 Å². The lowest BCUT2D eigenvalue weighted by molar-refractivity contribution is -0.139. The minimum atomic E-state index is -4.92. The summed E-state index contributed by atoms with van der Waals surface area (Å²) in [4.78, 5) is 28.7. The van der Waals surface area contributed by atoms with E-state index in [0.717, 1.165) is 6.07 Å². The van der Waals surface area contributed by atoms with E-state index in [0.29, 0.717) is 48.6 Å². The molecule has 4 rings (SSSR count). The first-order valence-electron chi connectivity index (χ1n) is 11.2. The molecule has 1 aromatic carbocycles. The fourth-order valence-electron chi connectivity index (χ4n) is 4.47. The maximum atomic E-state index is 13.6. The summed E-state index contributed by atoms with van der Waals surface area (Å²) in [5.41, 5.74) is -0.261. The minimum absolute atomic E-state index is 0.00228. The van der Waals surface area contributed by atoms with Crippen molar-refractivity contribution in [2.45, 2.75) is 32.1 Å². The van der Waals surface area contributed by atoms with Gasteiger partial charge in [-0.25, -0.2) is 18.0 Å². The third-order valence-corrected chi connectivity index (χ3v) is 6.16. The molecular formula is C22H24F6N6O2. The Balaban J connectivity index is 1.50. The molecule has 36 heavy (non-hydrogen) atoms. The van der Waals surface area contributed by atoms with Crippen LogP contribution in [-0.4, -0.2) is 71.2 Å². The number of benzene rings is 1. The van der Waals surface area contributed by atoms with Crippen molar-refractivity contribution in [3.05, 3.63) is 46.5 Å². The van der Waals surface area contributed by atoms with Gasteiger partial charge < -0.3 is 20.4 Å². The standard InChI is InChI=1S/C22H24F6N6O2/c1-32-9-12(7-29-8-18(24)25)10-34-19(20(32)35)14-11-33(5-4-17(14)31-34)21(36)30-13-2-3-16(23)15(6-13)22(26,27)28/h2-3,6,12,18,29H,4-5,7-11H2,1H3,(H,30,36)/t12-/m0/s1. The van der Waals surface area contributed by atoms with Gasteiger partial charge in [0, 0.05) is 56.8 Å². The van der Waals surface area contributed by atoms with Crippen molar-refractivity contribution < 1.29 is 35.9 Å². The lowest BCUT2D eigenvalue weighted by atomic mass is 10.0. The fraction of sp³-hybridized carbons (Fsp3) is 0.500. The second kappa shape index (κ2) is 9.99. The molecule has 0 unspecified atom stereocenters. The second-order valence-electron chi connectivity index (χ2n) is 8.85. The largest absolute Gasteiger partial charge is 0.419 e. The van der Waals surface area contributed by atoms with E-state index in [1.54, 1.807) is 11.7 Å². The molecule has 0 spiro atoms. The van der Waals surface area contributed by atoms with Crippen LogP contribution in [0.25, 0.3) is 0 Å². The van der Waals surface area contributed by atoms with E-state index in [2.05, 4.69) is 15.7 Å². The van der Waals surface area contributed by atoms with Crippen molar-refractivity contribution in [3.63, 3.8) is 0 Å². The lowest BCUT2D eigenvalue weighted by Crippen LogP contribution is -2.40. The number of nitrogens with one attached hydrogen (secondary N) is 2. The Morgan fingerprint density at radius 1 is 1.25 bits per heavy atom. The van der Waals surface area contributed by atoms with Crippen LogP contribution >= 0.6 is 0 Å². The summed E-state index contributed by atoms with van der Waals surface area (Å²) in [7, 11) is 1.59. The van der Waals surface area contributed by atoms with Gasteiger partial charge in [0.15, 0.2) is 0 Å². The van der Waals surface area contributed by atoms with E-state index in [-0.39, 0.29) is 37.1 Å². The number of hydrogen-bond donors (Lipinski definition) is 2. The van der Waals surface area contributed by atoms with Gasteiger partial charge in [0.25, 0.3) is 12.3 Å². The van der Waals surface area contributed by atoms with Crippen molar-refractivity contribution in [1.29, 1.82) is 0 Å². The molecule has 0 saturated carbocycles. The minimum Gasteiger partial charge on any atom is -0.340 e. The van der Waals surface area contributed by atoms with Crippen LogP contribution in [0.3, 0.4) is 0 Å². The van der Waals surface area contributed by atoms with Crippen molar-refractivity contribution in [2.24, 2.45) is 5.92 Å². The molecule has 2 aliphatic heterocycles. The van der Waals surface area contributed by atoms with Crippen LogP contribution in [0.15, 0.2) is 18.2 Å². The van der Waals surface area contributed by atoms with Gasteiger partial charge in [-0.2, -0.15) is 18.3 Å². The molecule has 1 atom stereocenters. The van der Waals surface area contributed by atoms with Crippen molar-refractivity contribution in [3.8, 4) is 0 Å². The normalized spacial score (nSPS) is 18.2. The van der Waals surface area contributed by atoms with Crippen LogP contribution < -0.4 is 10.6 Å². The highest BCUT2D eigenvalue weighted by Crippen LogP contribution is 2.33. The zero-order valence-electron chi connectivity index (χ0n) is 19.2. The first kappa shape index (κ1) is 25.8. The monoisotopic (exact) mass is 518 g/mol. The molecule has 1 aromatic heterocycles. The summed E-state index contributed by atoms with van der Waals surface area (Å²) >= 11 is 0. The van der Waals surface area contributed by atoms with Gasteiger partial charge in [0.2, 0.25) is 0 Å². The van der Waals surface area contributed by atoms with Gasteiger partial charge >= 0.3 is 12.2 Å². The summed E-state index contributed by atoms with van der Waals surface area (Å²) in [6, 6.07) is 1.48. The Morgan fingerprint density at radius 2 is 2.00 bits per heavy atom. The van der Waals surface area contributed by atoms with Crippen LogP contribution in [0, 0.1) is 11.7 Å². The van der Waals surface area contributed by atoms with E-state index in [9.17, 15) is 35.9 Å². The average molecular weight is 518 g/mol. The highest BCUT2D eigenvalue weighted by Gasteiger charge is 2.36. The summed E-state index contributed by atoms with van der Waals surface area (Å²) < 4.78 is 79.1. The van der Waals surface area contributed by atoms with Gasteiger partial charge in [0.1, 0.15) is 11.5 Å². The van der Waals surface area contributed by atoms with Crippen molar-refractivity contribution in [1.82, 2.24) is 24.9 Å². The highest BCUT2D eigenvalue weighted by atomic mass is 19.4. The number of carbonyl (C=O) groups is 2. The Hall–Kier alpha value is -3.29. The van der Waals surface area contributed by atoms with Gasteiger partial charge in [0.05, 0.1) is 24.3 Å². The number of hydrogen-bond acceptors (Lipinski definition) is 4. The molecule has 3 amide bonds. The number of rotatable bonds is 5. The molecule has 0 bridgehead atoms. The van der Waals surface area contributed by atoms with Gasteiger partial charge in [-0.1, -0.05) is 0 Å². The number of urea groups is 1. The van der Waals surface area contributed by atoms with Crippen LogP contribution in [0.2, 0.25) is 0 Å². The highest BCUT2D eigenvalue weighted by molar-refractivity contribution is 5.95. The molecular weight excluding hydrogens is 494 g/mol. The summed E-state index contributed by atoms with van der Waals surface area (Å²) in [6.45, 7) is 0.640. The topological polar surface area (TPSA) is 82.5 Å². The van der Waals surface area contributed by atoms with E-state index < -0.39 is 36.6 Å².